The molecule has 124 valence electrons. The first-order chi connectivity index (χ1) is 11.0. The second-order valence-electron chi connectivity index (χ2n) is 6.70. The maximum atomic E-state index is 12.6. The number of rotatable bonds is 3. The summed E-state index contributed by atoms with van der Waals surface area (Å²) in [7, 11) is 1.88. The Kier molecular flexibility index (Phi) is 4.67. The summed E-state index contributed by atoms with van der Waals surface area (Å²) in [6.07, 6.45) is 5.24. The van der Waals surface area contributed by atoms with Gasteiger partial charge in [0, 0.05) is 31.6 Å². The van der Waals surface area contributed by atoms with Gasteiger partial charge in [-0.25, -0.2) is 0 Å². The quantitative estimate of drug-likeness (QED) is 0.798. The van der Waals surface area contributed by atoms with Crippen molar-refractivity contribution in [1.82, 2.24) is 9.80 Å². The molecule has 2 amide bonds. The first kappa shape index (κ1) is 16.4. The highest BCUT2D eigenvalue weighted by Gasteiger charge is 2.48. The first-order valence-corrected chi connectivity index (χ1v) is 9.43. The summed E-state index contributed by atoms with van der Waals surface area (Å²) in [5, 5.41) is 0. The largest absolute Gasteiger partial charge is 0.345 e. The van der Waals surface area contributed by atoms with E-state index < -0.39 is 0 Å². The van der Waals surface area contributed by atoms with E-state index in [4.69, 9.17) is 0 Å². The molecule has 0 aliphatic carbocycles. The molecule has 0 radical (unpaired) electrons. The van der Waals surface area contributed by atoms with Crippen molar-refractivity contribution >= 4 is 23.6 Å². The molecule has 2 saturated heterocycles. The predicted octanol–water partition coefficient (Wildman–Crippen LogP) is 2.42. The van der Waals surface area contributed by atoms with Gasteiger partial charge in [-0.15, -0.1) is 11.8 Å². The molecule has 0 saturated carbocycles. The lowest BCUT2D eigenvalue weighted by molar-refractivity contribution is -0.144. The molecule has 0 N–H and O–H groups in total. The SMILES string of the molecule is CSc1ccc(CC(=O)N2CC[C@@]3(CCCN(C)C3=O)C2)cc1. The van der Waals surface area contributed by atoms with E-state index in [1.165, 1.54) is 4.90 Å². The van der Waals surface area contributed by atoms with E-state index in [2.05, 4.69) is 12.1 Å². The molecular weight excluding hydrogens is 308 g/mol. The van der Waals surface area contributed by atoms with Crippen LogP contribution >= 0.6 is 11.8 Å². The van der Waals surface area contributed by atoms with Gasteiger partial charge in [-0.2, -0.15) is 0 Å². The smallest absolute Gasteiger partial charge is 0.230 e. The average molecular weight is 332 g/mol. The molecular formula is C18H24N2O2S. The highest BCUT2D eigenvalue weighted by atomic mass is 32.2. The van der Waals surface area contributed by atoms with Crippen LogP contribution in [0.1, 0.15) is 24.8 Å². The Hall–Kier alpha value is -1.49. The maximum absolute atomic E-state index is 12.6. The van der Waals surface area contributed by atoms with Gasteiger partial charge in [0.2, 0.25) is 11.8 Å². The Morgan fingerprint density at radius 3 is 2.65 bits per heavy atom. The lowest BCUT2D eigenvalue weighted by atomic mass is 9.78. The van der Waals surface area contributed by atoms with Crippen molar-refractivity contribution in [2.24, 2.45) is 5.41 Å². The fourth-order valence-electron chi connectivity index (χ4n) is 3.76. The minimum absolute atomic E-state index is 0.139. The lowest BCUT2D eigenvalue weighted by Crippen LogP contribution is -2.48. The minimum Gasteiger partial charge on any atom is -0.345 e. The fraction of sp³-hybridized carbons (Fsp3) is 0.556. The van der Waals surface area contributed by atoms with E-state index in [-0.39, 0.29) is 17.2 Å². The molecule has 2 aliphatic heterocycles. The summed E-state index contributed by atoms with van der Waals surface area (Å²) in [5.74, 6) is 0.364. The number of likely N-dealkylation sites (tertiary alicyclic amines) is 2. The van der Waals surface area contributed by atoms with Crippen LogP contribution in [0.3, 0.4) is 0 Å². The average Bonchev–Trinajstić information content (AvgIpc) is 2.99. The number of amides is 2. The van der Waals surface area contributed by atoms with E-state index in [1.54, 1.807) is 11.8 Å². The summed E-state index contributed by atoms with van der Waals surface area (Å²) in [6, 6.07) is 8.15. The van der Waals surface area contributed by atoms with Crippen LogP contribution in [-0.2, 0) is 16.0 Å². The Bertz CT molecular complexity index is 602. The van der Waals surface area contributed by atoms with Gasteiger partial charge in [0.1, 0.15) is 0 Å². The second kappa shape index (κ2) is 6.56. The minimum atomic E-state index is -0.314. The molecule has 1 aromatic carbocycles. The van der Waals surface area contributed by atoms with E-state index in [1.807, 2.05) is 35.2 Å². The van der Waals surface area contributed by atoms with Crippen LogP contribution in [0.4, 0.5) is 0 Å². The number of carbonyl (C=O) groups is 2. The third kappa shape index (κ3) is 3.25. The van der Waals surface area contributed by atoms with E-state index in [0.29, 0.717) is 19.5 Å². The molecule has 1 atom stereocenters. The zero-order valence-corrected chi connectivity index (χ0v) is 14.7. The van der Waals surface area contributed by atoms with E-state index in [0.717, 1.165) is 31.4 Å². The molecule has 2 heterocycles. The third-order valence-corrected chi connectivity index (χ3v) is 5.91. The van der Waals surface area contributed by atoms with Crippen LogP contribution < -0.4 is 0 Å². The van der Waals surface area contributed by atoms with Gasteiger partial charge in [0.15, 0.2) is 0 Å². The van der Waals surface area contributed by atoms with E-state index >= 15 is 0 Å². The molecule has 4 nitrogen and oxygen atoms in total. The molecule has 2 fully saturated rings. The van der Waals surface area contributed by atoms with Crippen LogP contribution in [0.5, 0.6) is 0 Å². The van der Waals surface area contributed by atoms with Crippen LogP contribution in [0.25, 0.3) is 0 Å². The van der Waals surface area contributed by atoms with Crippen molar-refractivity contribution in [3.63, 3.8) is 0 Å². The van der Waals surface area contributed by atoms with Gasteiger partial charge in [-0.3, -0.25) is 9.59 Å². The zero-order valence-electron chi connectivity index (χ0n) is 13.9. The van der Waals surface area contributed by atoms with Crippen LogP contribution in [0, 0.1) is 5.41 Å². The molecule has 1 spiro atoms. The van der Waals surface area contributed by atoms with Crippen molar-refractivity contribution in [3.05, 3.63) is 29.8 Å². The standard InChI is InChI=1S/C18H24N2O2S/c1-19-10-3-8-18(17(19)22)9-11-20(13-18)16(21)12-14-4-6-15(23-2)7-5-14/h4-7H,3,8-13H2,1-2H3/t18-/m0/s1. The number of piperidine rings is 1. The third-order valence-electron chi connectivity index (χ3n) is 5.17. The summed E-state index contributed by atoms with van der Waals surface area (Å²) in [5.41, 5.74) is 0.728. The van der Waals surface area contributed by atoms with Crippen molar-refractivity contribution in [1.29, 1.82) is 0 Å². The Morgan fingerprint density at radius 2 is 1.96 bits per heavy atom. The molecule has 0 unspecified atom stereocenters. The van der Waals surface area contributed by atoms with Gasteiger partial charge in [0.05, 0.1) is 11.8 Å². The van der Waals surface area contributed by atoms with Crippen molar-refractivity contribution in [2.75, 3.05) is 32.9 Å². The van der Waals surface area contributed by atoms with Crippen molar-refractivity contribution in [3.8, 4) is 0 Å². The number of hydrogen-bond acceptors (Lipinski definition) is 3. The van der Waals surface area contributed by atoms with Crippen LogP contribution in [-0.4, -0.2) is 54.6 Å². The monoisotopic (exact) mass is 332 g/mol. The number of benzene rings is 1. The molecule has 5 heteroatoms. The fourth-order valence-corrected chi connectivity index (χ4v) is 4.17. The Balaban J connectivity index is 1.64. The highest BCUT2D eigenvalue weighted by molar-refractivity contribution is 7.98. The second-order valence-corrected chi connectivity index (χ2v) is 7.58. The van der Waals surface area contributed by atoms with Gasteiger partial charge in [-0.1, -0.05) is 12.1 Å². The van der Waals surface area contributed by atoms with E-state index in [9.17, 15) is 9.59 Å². The molecule has 2 aliphatic rings. The number of hydrogen-bond donors (Lipinski definition) is 0. The molecule has 0 aromatic heterocycles. The Labute approximate surface area is 142 Å². The Morgan fingerprint density at radius 1 is 1.22 bits per heavy atom. The zero-order chi connectivity index (χ0) is 16.4. The maximum Gasteiger partial charge on any atom is 0.230 e. The molecule has 0 bridgehead atoms. The van der Waals surface area contributed by atoms with Gasteiger partial charge < -0.3 is 9.80 Å². The molecule has 1 aromatic rings. The van der Waals surface area contributed by atoms with Crippen molar-refractivity contribution in [2.45, 2.75) is 30.6 Å². The van der Waals surface area contributed by atoms with Gasteiger partial charge in [0.25, 0.3) is 0 Å². The topological polar surface area (TPSA) is 40.6 Å². The first-order valence-electron chi connectivity index (χ1n) is 8.20. The van der Waals surface area contributed by atoms with Gasteiger partial charge >= 0.3 is 0 Å². The van der Waals surface area contributed by atoms with Crippen molar-refractivity contribution < 1.29 is 9.59 Å². The summed E-state index contributed by atoms with van der Waals surface area (Å²) >= 11 is 1.70. The number of thioether (sulfide) groups is 1. The summed E-state index contributed by atoms with van der Waals surface area (Å²) in [6.45, 7) is 2.15. The van der Waals surface area contributed by atoms with Crippen LogP contribution in [0.15, 0.2) is 29.2 Å². The molecule has 23 heavy (non-hydrogen) atoms. The predicted molar refractivity (Wildman–Crippen MR) is 92.4 cm³/mol. The highest BCUT2D eigenvalue weighted by Crippen LogP contribution is 2.39. The number of carbonyl (C=O) groups excluding carboxylic acids is 2. The normalized spacial score (nSPS) is 24.5. The molecule has 3 rings (SSSR count). The number of nitrogens with zero attached hydrogens (tertiary/aromatic N) is 2. The lowest BCUT2D eigenvalue weighted by Gasteiger charge is -2.37. The van der Waals surface area contributed by atoms with Crippen LogP contribution in [0.2, 0.25) is 0 Å². The summed E-state index contributed by atoms with van der Waals surface area (Å²) in [4.78, 5) is 30.0. The van der Waals surface area contributed by atoms with Gasteiger partial charge in [-0.05, 0) is 43.2 Å². The summed E-state index contributed by atoms with van der Waals surface area (Å²) < 4.78 is 0.